The van der Waals surface area contributed by atoms with Crippen molar-refractivity contribution in [3.63, 3.8) is 0 Å². The molecule has 4 aliphatic rings. The number of para-hydroxylation sites is 2. The first-order chi connectivity index (χ1) is 22.7. The van der Waals surface area contributed by atoms with E-state index in [1.807, 2.05) is 53.1 Å². The first kappa shape index (κ1) is 33.6. The smallest absolute Gasteiger partial charge is 0.247 e. The Morgan fingerprint density at radius 3 is 2.15 bits per heavy atom. The molecule has 3 amide bonds. The van der Waals surface area contributed by atoms with Gasteiger partial charge in [-0.15, -0.1) is 0 Å². The van der Waals surface area contributed by atoms with Crippen LogP contribution in [0.2, 0.25) is 5.02 Å². The van der Waals surface area contributed by atoms with Crippen LogP contribution in [0.3, 0.4) is 0 Å². The highest BCUT2D eigenvalue weighted by molar-refractivity contribution is 6.33. The fourth-order valence-electron chi connectivity index (χ4n) is 8.34. The molecule has 47 heavy (non-hydrogen) atoms. The summed E-state index contributed by atoms with van der Waals surface area (Å²) in [6.45, 7) is 7.03. The zero-order valence-electron chi connectivity index (χ0n) is 28.0. The van der Waals surface area contributed by atoms with Crippen LogP contribution in [-0.4, -0.2) is 84.8 Å². The zero-order valence-corrected chi connectivity index (χ0v) is 28.7. The largest absolute Gasteiger partial charge is 0.397 e. The van der Waals surface area contributed by atoms with Gasteiger partial charge in [0.15, 0.2) is 0 Å². The number of amides is 3. The van der Waals surface area contributed by atoms with E-state index in [9.17, 15) is 14.4 Å². The van der Waals surface area contributed by atoms with E-state index < -0.39 is 5.92 Å². The van der Waals surface area contributed by atoms with Gasteiger partial charge in [0.05, 0.1) is 28.0 Å². The lowest BCUT2D eigenvalue weighted by molar-refractivity contribution is -0.143. The van der Waals surface area contributed by atoms with Crippen molar-refractivity contribution in [2.45, 2.75) is 70.8 Å². The van der Waals surface area contributed by atoms with Crippen LogP contribution < -0.4 is 16.4 Å². The van der Waals surface area contributed by atoms with Gasteiger partial charge in [-0.05, 0) is 119 Å². The molecule has 2 aromatic rings. The van der Waals surface area contributed by atoms with Gasteiger partial charge in [0, 0.05) is 32.6 Å². The van der Waals surface area contributed by atoms with Gasteiger partial charge in [-0.2, -0.15) is 0 Å². The average Bonchev–Trinajstić information content (AvgIpc) is 3.09. The summed E-state index contributed by atoms with van der Waals surface area (Å²) in [7, 11) is 2.20. The number of nitrogen functional groups attached to an aromatic ring is 1. The summed E-state index contributed by atoms with van der Waals surface area (Å²) in [5.74, 6) is 1.14. The average molecular weight is 663 g/mol. The van der Waals surface area contributed by atoms with Gasteiger partial charge in [-0.3, -0.25) is 14.4 Å². The van der Waals surface area contributed by atoms with E-state index in [1.54, 1.807) is 0 Å². The molecule has 2 atom stereocenters. The molecule has 3 fully saturated rings. The number of nitrogens with one attached hydrogen (secondary N) is 2. The number of carbonyl (C=O) groups is 3. The highest BCUT2D eigenvalue weighted by Crippen LogP contribution is 2.35. The molecule has 6 rings (SSSR count). The lowest BCUT2D eigenvalue weighted by Gasteiger charge is -2.40. The maximum absolute atomic E-state index is 14.2. The molecule has 254 valence electrons. The number of nitrogens with two attached hydrogens (primary N) is 1. The van der Waals surface area contributed by atoms with Gasteiger partial charge in [-0.25, -0.2) is 0 Å². The third-order valence-corrected chi connectivity index (χ3v) is 11.6. The maximum atomic E-state index is 14.2. The molecule has 0 aliphatic carbocycles. The van der Waals surface area contributed by atoms with Gasteiger partial charge in [0.1, 0.15) is 6.04 Å². The molecule has 4 aliphatic heterocycles. The molecule has 0 aromatic heterocycles. The second kappa shape index (κ2) is 14.9. The Hall–Kier alpha value is -3.30. The molecule has 3 saturated heterocycles. The topological polar surface area (TPSA) is 111 Å². The quantitative estimate of drug-likeness (QED) is 0.332. The summed E-state index contributed by atoms with van der Waals surface area (Å²) in [4.78, 5) is 47.3. The maximum Gasteiger partial charge on any atom is 0.247 e. The number of fused-ring (bicyclic) bond motifs is 1. The third-order valence-electron chi connectivity index (χ3n) is 11.3. The van der Waals surface area contributed by atoms with Crippen molar-refractivity contribution in [1.29, 1.82) is 0 Å². The second-order valence-corrected chi connectivity index (χ2v) is 14.7. The van der Waals surface area contributed by atoms with Gasteiger partial charge in [-0.1, -0.05) is 36.7 Å². The first-order valence-electron chi connectivity index (χ1n) is 17.7. The molecule has 1 unspecified atom stereocenters. The predicted octanol–water partition coefficient (Wildman–Crippen LogP) is 5.29. The van der Waals surface area contributed by atoms with Crippen LogP contribution in [-0.2, 0) is 27.2 Å². The van der Waals surface area contributed by atoms with Crippen molar-refractivity contribution in [1.82, 2.24) is 14.7 Å². The lowest BCUT2D eigenvalue weighted by Crippen LogP contribution is -2.49. The van der Waals surface area contributed by atoms with E-state index in [4.69, 9.17) is 17.3 Å². The number of aryl methyl sites for hydroxylation is 1. The van der Waals surface area contributed by atoms with Crippen LogP contribution in [0.15, 0.2) is 36.4 Å². The van der Waals surface area contributed by atoms with Crippen molar-refractivity contribution < 1.29 is 14.4 Å². The summed E-state index contributed by atoms with van der Waals surface area (Å²) in [5, 5.41) is 6.96. The van der Waals surface area contributed by atoms with Crippen LogP contribution in [0.5, 0.6) is 0 Å². The number of rotatable bonds is 8. The molecule has 0 saturated carbocycles. The Labute approximate surface area is 284 Å². The molecule has 0 spiro atoms. The van der Waals surface area contributed by atoms with Crippen molar-refractivity contribution in [2.75, 3.05) is 62.7 Å². The number of carbonyl (C=O) groups excluding carboxylic acids is 3. The minimum Gasteiger partial charge on any atom is -0.397 e. The Morgan fingerprint density at radius 2 is 1.49 bits per heavy atom. The Bertz CT molecular complexity index is 1440. The van der Waals surface area contributed by atoms with Crippen LogP contribution in [0.1, 0.15) is 63.0 Å². The number of anilines is 3. The molecule has 10 heteroatoms. The summed E-state index contributed by atoms with van der Waals surface area (Å²) in [6, 6.07) is 11.3. The van der Waals surface area contributed by atoms with Gasteiger partial charge in [0.25, 0.3) is 0 Å². The van der Waals surface area contributed by atoms with Crippen molar-refractivity contribution in [2.24, 2.45) is 23.7 Å². The standard InChI is InChI=1S/C37H51ClN6O3/c1-3-25-20-24(22-30(38)34(25)39)21-29(37(47)44-18-10-27(11-19-44)26-8-14-42(2)15-9-26)23-33(45)43-16-12-28(13-17-43)35-36(46)41-32-7-5-4-6-31(32)40-35/h4-7,20,22,26-29,35,40H,3,8-19,21,23,39H2,1-2H3,(H,41,46)/t29-,35?/m0/s1. The summed E-state index contributed by atoms with van der Waals surface area (Å²) in [5.41, 5.74) is 10.5. The number of likely N-dealkylation sites (tertiary alicyclic amines) is 3. The second-order valence-electron chi connectivity index (χ2n) is 14.3. The van der Waals surface area contributed by atoms with E-state index in [2.05, 4.69) is 22.6 Å². The van der Waals surface area contributed by atoms with Gasteiger partial charge in [0.2, 0.25) is 17.7 Å². The molecule has 0 bridgehead atoms. The van der Waals surface area contributed by atoms with Crippen molar-refractivity contribution in [3.8, 4) is 0 Å². The number of piperidine rings is 3. The van der Waals surface area contributed by atoms with Crippen molar-refractivity contribution >= 4 is 46.4 Å². The van der Waals surface area contributed by atoms with E-state index in [0.717, 1.165) is 86.7 Å². The van der Waals surface area contributed by atoms with Crippen LogP contribution in [0.4, 0.5) is 17.1 Å². The highest BCUT2D eigenvalue weighted by atomic mass is 35.5. The molecule has 0 radical (unpaired) electrons. The van der Waals surface area contributed by atoms with E-state index in [-0.39, 0.29) is 36.1 Å². The zero-order chi connectivity index (χ0) is 33.1. The van der Waals surface area contributed by atoms with Gasteiger partial charge >= 0.3 is 0 Å². The Balaban J connectivity index is 1.10. The van der Waals surface area contributed by atoms with E-state index in [0.29, 0.717) is 36.1 Å². The number of hydrogen-bond acceptors (Lipinski definition) is 6. The summed E-state index contributed by atoms with van der Waals surface area (Å²) < 4.78 is 0. The third kappa shape index (κ3) is 7.72. The van der Waals surface area contributed by atoms with E-state index >= 15 is 0 Å². The lowest BCUT2D eigenvalue weighted by atomic mass is 9.78. The molecular weight excluding hydrogens is 612 g/mol. The molecule has 2 aromatic carbocycles. The molecule has 4 heterocycles. The number of hydrogen-bond donors (Lipinski definition) is 3. The fraction of sp³-hybridized carbons (Fsp3) is 0.595. The minimum absolute atomic E-state index is 0.00617. The number of nitrogens with zero attached hydrogens (tertiary/aromatic N) is 3. The summed E-state index contributed by atoms with van der Waals surface area (Å²) >= 11 is 6.52. The highest BCUT2D eigenvalue weighted by Gasteiger charge is 2.37. The SMILES string of the molecule is CCc1cc(C[C@@H](CC(=O)N2CCC(C3Nc4ccccc4NC3=O)CC2)C(=O)N2CCC(C3CCN(C)CC3)CC2)cc(Cl)c1N. The summed E-state index contributed by atoms with van der Waals surface area (Å²) in [6.07, 6.45) is 7.39. The first-order valence-corrected chi connectivity index (χ1v) is 18.1. The Kier molecular flexibility index (Phi) is 10.6. The van der Waals surface area contributed by atoms with Crippen LogP contribution in [0, 0.1) is 23.7 Å². The molecular formula is C37H51ClN6O3. The minimum atomic E-state index is -0.466. The monoisotopic (exact) mass is 662 g/mol. The predicted molar refractivity (Wildman–Crippen MR) is 188 cm³/mol. The Morgan fingerprint density at radius 1 is 0.894 bits per heavy atom. The normalized spacial score (nSPS) is 22.4. The molecule has 9 nitrogen and oxygen atoms in total. The fourth-order valence-corrected chi connectivity index (χ4v) is 8.61. The number of halogens is 1. The van der Waals surface area contributed by atoms with Crippen LogP contribution >= 0.6 is 11.6 Å². The van der Waals surface area contributed by atoms with Gasteiger partial charge < -0.3 is 31.1 Å². The molecule has 4 N–H and O–H groups in total. The van der Waals surface area contributed by atoms with Crippen molar-refractivity contribution in [3.05, 3.63) is 52.5 Å². The van der Waals surface area contributed by atoms with Crippen LogP contribution in [0.25, 0.3) is 0 Å². The van der Waals surface area contributed by atoms with E-state index in [1.165, 1.54) is 12.8 Å². The number of benzene rings is 2.